The summed E-state index contributed by atoms with van der Waals surface area (Å²) >= 11 is 15.8. The predicted octanol–water partition coefficient (Wildman–Crippen LogP) is 5.74. The largest absolute Gasteiger partial charge is 0.113 e. The molecule has 0 N–H and O–H groups in total. The van der Waals surface area contributed by atoms with E-state index >= 15 is 0 Å². The molecule has 0 saturated carbocycles. The van der Waals surface area contributed by atoms with Crippen LogP contribution in [0.4, 0.5) is 0 Å². The molecule has 0 heterocycles. The molecule has 3 heteroatoms. The molecule has 0 saturated heterocycles. The van der Waals surface area contributed by atoms with E-state index in [4.69, 9.17) is 23.2 Å². The van der Waals surface area contributed by atoms with Crippen LogP contribution in [0.1, 0.15) is 22.1 Å². The van der Waals surface area contributed by atoms with E-state index < -0.39 is 0 Å². The van der Waals surface area contributed by atoms with Gasteiger partial charge in [-0.05, 0) is 47.9 Å². The van der Waals surface area contributed by atoms with Gasteiger partial charge in [-0.25, -0.2) is 0 Å². The van der Waals surface area contributed by atoms with Crippen molar-refractivity contribution in [1.29, 1.82) is 0 Å². The summed E-state index contributed by atoms with van der Waals surface area (Å²) in [6, 6.07) is 13.8. The number of rotatable bonds is 2. The second kappa shape index (κ2) is 5.43. The summed E-state index contributed by atoms with van der Waals surface area (Å²) in [7, 11) is 0. The van der Waals surface area contributed by atoms with Crippen LogP contribution in [-0.4, -0.2) is 0 Å². The van der Waals surface area contributed by atoms with Crippen LogP contribution in [0.25, 0.3) is 0 Å². The van der Waals surface area contributed by atoms with Crippen LogP contribution in [0.3, 0.4) is 0 Å². The maximum Gasteiger partial charge on any atom is 0.0838 e. The zero-order valence-corrected chi connectivity index (χ0v) is 12.4. The molecule has 0 spiro atoms. The highest BCUT2D eigenvalue weighted by Gasteiger charge is 2.13. The highest BCUT2D eigenvalue weighted by molar-refractivity contribution is 9.10. The third kappa shape index (κ3) is 3.04. The fourth-order valence-electron chi connectivity index (χ4n) is 1.73. The minimum Gasteiger partial charge on any atom is -0.113 e. The third-order valence-electron chi connectivity index (χ3n) is 2.67. The lowest BCUT2D eigenvalue weighted by atomic mass is 10.0. The molecule has 1 atom stereocenters. The predicted molar refractivity (Wildman–Crippen MR) is 78.0 cm³/mol. The van der Waals surface area contributed by atoms with E-state index in [0.717, 1.165) is 26.2 Å². The SMILES string of the molecule is Cc1cc(Cl)ccc1C(Cl)c1ccc(Br)cc1. The van der Waals surface area contributed by atoms with Gasteiger partial charge in [-0.1, -0.05) is 45.7 Å². The summed E-state index contributed by atoms with van der Waals surface area (Å²) in [4.78, 5) is 0. The Morgan fingerprint density at radius 3 is 2.29 bits per heavy atom. The summed E-state index contributed by atoms with van der Waals surface area (Å²) in [5, 5.41) is 0.603. The van der Waals surface area contributed by atoms with E-state index in [1.54, 1.807) is 0 Å². The molecule has 1 unspecified atom stereocenters. The molecule has 0 aliphatic heterocycles. The van der Waals surface area contributed by atoms with E-state index in [2.05, 4.69) is 15.9 Å². The quantitative estimate of drug-likeness (QED) is 0.616. The van der Waals surface area contributed by atoms with Crippen molar-refractivity contribution in [2.45, 2.75) is 12.3 Å². The Bertz CT molecular complexity index is 520. The fraction of sp³-hybridized carbons (Fsp3) is 0.143. The van der Waals surface area contributed by atoms with Gasteiger partial charge < -0.3 is 0 Å². The average molecular weight is 330 g/mol. The molecular weight excluding hydrogens is 319 g/mol. The fourth-order valence-corrected chi connectivity index (χ4v) is 2.62. The van der Waals surface area contributed by atoms with Gasteiger partial charge in [0.25, 0.3) is 0 Å². The van der Waals surface area contributed by atoms with Crippen molar-refractivity contribution in [3.8, 4) is 0 Å². The topological polar surface area (TPSA) is 0 Å². The Labute approximate surface area is 120 Å². The molecule has 0 aliphatic carbocycles. The van der Waals surface area contributed by atoms with Gasteiger partial charge in [-0.15, -0.1) is 11.6 Å². The van der Waals surface area contributed by atoms with Gasteiger partial charge in [0.05, 0.1) is 5.38 Å². The smallest absolute Gasteiger partial charge is 0.0838 e. The zero-order chi connectivity index (χ0) is 12.4. The Hall–Kier alpha value is -0.500. The number of hydrogen-bond acceptors (Lipinski definition) is 0. The first-order valence-corrected chi connectivity index (χ1v) is 6.84. The lowest BCUT2D eigenvalue weighted by molar-refractivity contribution is 1.11. The van der Waals surface area contributed by atoms with Gasteiger partial charge >= 0.3 is 0 Å². The molecule has 2 aromatic carbocycles. The van der Waals surface area contributed by atoms with E-state index in [1.165, 1.54) is 0 Å². The molecule has 0 nitrogen and oxygen atoms in total. The molecule has 2 rings (SSSR count). The molecule has 0 aromatic heterocycles. The molecule has 0 aliphatic rings. The highest BCUT2D eigenvalue weighted by Crippen LogP contribution is 2.32. The van der Waals surface area contributed by atoms with Crippen LogP contribution in [-0.2, 0) is 0 Å². The van der Waals surface area contributed by atoms with Crippen LogP contribution in [0.15, 0.2) is 46.9 Å². The van der Waals surface area contributed by atoms with Crippen LogP contribution in [0.2, 0.25) is 5.02 Å². The normalized spacial score (nSPS) is 12.5. The second-order valence-electron chi connectivity index (χ2n) is 3.92. The highest BCUT2D eigenvalue weighted by atomic mass is 79.9. The lowest BCUT2D eigenvalue weighted by Crippen LogP contribution is -1.96. The maximum atomic E-state index is 6.48. The molecule has 2 aromatic rings. The van der Waals surface area contributed by atoms with Gasteiger partial charge in [-0.3, -0.25) is 0 Å². The van der Waals surface area contributed by atoms with E-state index in [-0.39, 0.29) is 5.38 Å². The third-order valence-corrected chi connectivity index (χ3v) is 3.92. The summed E-state index contributed by atoms with van der Waals surface area (Å²) < 4.78 is 1.05. The van der Waals surface area contributed by atoms with E-state index in [0.29, 0.717) is 0 Å². The average Bonchev–Trinajstić information content (AvgIpc) is 2.29. The minimum atomic E-state index is -0.139. The first kappa shape index (κ1) is 12.9. The molecule has 0 bridgehead atoms. The molecule has 0 fully saturated rings. The minimum absolute atomic E-state index is 0.139. The van der Waals surface area contributed by atoms with Crippen molar-refractivity contribution in [3.05, 3.63) is 68.7 Å². The first-order chi connectivity index (χ1) is 8.08. The van der Waals surface area contributed by atoms with E-state index in [1.807, 2.05) is 49.4 Å². The molecular formula is C14H11BrCl2. The lowest BCUT2D eigenvalue weighted by Gasteiger charge is -2.13. The van der Waals surface area contributed by atoms with Crippen molar-refractivity contribution in [3.63, 3.8) is 0 Å². The van der Waals surface area contributed by atoms with Gasteiger partial charge in [-0.2, -0.15) is 0 Å². The maximum absolute atomic E-state index is 6.48. The summed E-state index contributed by atoms with van der Waals surface area (Å²) in [6.45, 7) is 2.02. The summed E-state index contributed by atoms with van der Waals surface area (Å²) in [5.41, 5.74) is 3.29. The number of hydrogen-bond donors (Lipinski definition) is 0. The Morgan fingerprint density at radius 2 is 1.71 bits per heavy atom. The monoisotopic (exact) mass is 328 g/mol. The van der Waals surface area contributed by atoms with Crippen molar-refractivity contribution < 1.29 is 0 Å². The van der Waals surface area contributed by atoms with Gasteiger partial charge in [0, 0.05) is 9.50 Å². The molecule has 88 valence electrons. The number of halogens is 3. The number of aryl methyl sites for hydroxylation is 1. The van der Waals surface area contributed by atoms with Gasteiger partial charge in [0.15, 0.2) is 0 Å². The second-order valence-corrected chi connectivity index (χ2v) is 5.70. The van der Waals surface area contributed by atoms with Crippen molar-refractivity contribution in [2.75, 3.05) is 0 Å². The van der Waals surface area contributed by atoms with Crippen LogP contribution in [0, 0.1) is 6.92 Å². The van der Waals surface area contributed by atoms with Crippen molar-refractivity contribution >= 4 is 39.1 Å². The van der Waals surface area contributed by atoms with Crippen LogP contribution in [0.5, 0.6) is 0 Å². The standard InChI is InChI=1S/C14H11BrCl2/c1-9-8-12(16)6-7-13(9)14(17)10-2-4-11(15)5-3-10/h2-8,14H,1H3. The first-order valence-electron chi connectivity index (χ1n) is 5.23. The summed E-state index contributed by atoms with van der Waals surface area (Å²) in [6.07, 6.45) is 0. The molecule has 17 heavy (non-hydrogen) atoms. The number of alkyl halides is 1. The van der Waals surface area contributed by atoms with Gasteiger partial charge in [0.1, 0.15) is 0 Å². The Balaban J connectivity index is 2.36. The van der Waals surface area contributed by atoms with Crippen molar-refractivity contribution in [1.82, 2.24) is 0 Å². The zero-order valence-electron chi connectivity index (χ0n) is 9.25. The molecule has 0 amide bonds. The van der Waals surface area contributed by atoms with Crippen molar-refractivity contribution in [2.24, 2.45) is 0 Å². The van der Waals surface area contributed by atoms with Crippen LogP contribution < -0.4 is 0 Å². The summed E-state index contributed by atoms with van der Waals surface area (Å²) in [5.74, 6) is 0. The van der Waals surface area contributed by atoms with Gasteiger partial charge in [0.2, 0.25) is 0 Å². The van der Waals surface area contributed by atoms with E-state index in [9.17, 15) is 0 Å². The Morgan fingerprint density at radius 1 is 1.06 bits per heavy atom. The molecule has 0 radical (unpaired) electrons. The Kier molecular flexibility index (Phi) is 4.13. The van der Waals surface area contributed by atoms with Crippen LogP contribution >= 0.6 is 39.1 Å². The number of benzene rings is 2.